The molecule has 3 unspecified atom stereocenters. The molecule has 1 aliphatic carbocycles. The van der Waals surface area contributed by atoms with E-state index in [4.69, 9.17) is 5.26 Å². The molecule has 0 saturated heterocycles. The van der Waals surface area contributed by atoms with Crippen LogP contribution in [-0.4, -0.2) is 12.1 Å². The zero-order chi connectivity index (χ0) is 10.4. The molecule has 1 fully saturated rings. The molecule has 0 bridgehead atoms. The first kappa shape index (κ1) is 11.2. The molecule has 0 aromatic heterocycles. The monoisotopic (exact) mass is 193 g/mol. The van der Waals surface area contributed by atoms with Crippen LogP contribution in [0.25, 0.3) is 0 Å². The highest BCUT2D eigenvalue weighted by atomic mass is 15.1. The van der Waals surface area contributed by atoms with Crippen molar-refractivity contribution in [2.24, 2.45) is 16.1 Å². The standard InChI is InChI=1S/C11H19N3/c1-3-9(2)13-14-11-7-5-4-6-10(11)8-12/h9-11H,3-7H2,1-2H3. The Balaban J connectivity index is 2.49. The fourth-order valence-electron chi connectivity index (χ4n) is 1.68. The summed E-state index contributed by atoms with van der Waals surface area (Å²) in [5, 5.41) is 17.5. The van der Waals surface area contributed by atoms with E-state index in [0.717, 1.165) is 19.3 Å². The summed E-state index contributed by atoms with van der Waals surface area (Å²) in [7, 11) is 0. The third-order valence-electron chi connectivity index (χ3n) is 2.90. The number of nitrogens with zero attached hydrogens (tertiary/aromatic N) is 3. The summed E-state index contributed by atoms with van der Waals surface area (Å²) in [6.07, 6.45) is 5.43. The minimum Gasteiger partial charge on any atom is -0.198 e. The van der Waals surface area contributed by atoms with E-state index in [1.807, 2.05) is 0 Å². The number of hydrogen-bond acceptors (Lipinski definition) is 3. The van der Waals surface area contributed by atoms with Crippen molar-refractivity contribution in [1.82, 2.24) is 0 Å². The summed E-state index contributed by atoms with van der Waals surface area (Å²) in [6, 6.07) is 2.81. The molecule has 3 atom stereocenters. The van der Waals surface area contributed by atoms with Gasteiger partial charge in [-0.1, -0.05) is 19.8 Å². The molecule has 0 aliphatic heterocycles. The zero-order valence-corrected chi connectivity index (χ0v) is 9.11. The second kappa shape index (κ2) is 5.74. The molecule has 3 nitrogen and oxygen atoms in total. The average molecular weight is 193 g/mol. The smallest absolute Gasteiger partial charge is 0.0866 e. The maximum Gasteiger partial charge on any atom is 0.0866 e. The van der Waals surface area contributed by atoms with Gasteiger partial charge in [0.2, 0.25) is 0 Å². The predicted octanol–water partition coefficient (Wildman–Crippen LogP) is 3.32. The molecule has 0 radical (unpaired) electrons. The average Bonchev–Trinajstić information content (AvgIpc) is 2.26. The van der Waals surface area contributed by atoms with E-state index in [-0.39, 0.29) is 12.0 Å². The van der Waals surface area contributed by atoms with Crippen molar-refractivity contribution in [1.29, 1.82) is 5.26 Å². The van der Waals surface area contributed by atoms with Crippen LogP contribution in [0.5, 0.6) is 0 Å². The minimum atomic E-state index is 0.108. The summed E-state index contributed by atoms with van der Waals surface area (Å²) in [4.78, 5) is 0. The Hall–Kier alpha value is -0.910. The Morgan fingerprint density at radius 3 is 2.79 bits per heavy atom. The lowest BCUT2D eigenvalue weighted by Crippen LogP contribution is -2.21. The Morgan fingerprint density at radius 2 is 2.14 bits per heavy atom. The van der Waals surface area contributed by atoms with Gasteiger partial charge in [0.1, 0.15) is 0 Å². The SMILES string of the molecule is CCC(C)N=NC1CCCCC1C#N. The quantitative estimate of drug-likeness (QED) is 0.634. The van der Waals surface area contributed by atoms with Gasteiger partial charge in [0, 0.05) is 0 Å². The lowest BCUT2D eigenvalue weighted by molar-refractivity contribution is 0.355. The molecule has 1 rings (SSSR count). The van der Waals surface area contributed by atoms with Crippen LogP contribution in [-0.2, 0) is 0 Å². The van der Waals surface area contributed by atoms with Crippen molar-refractivity contribution < 1.29 is 0 Å². The van der Waals surface area contributed by atoms with Crippen molar-refractivity contribution in [2.75, 3.05) is 0 Å². The van der Waals surface area contributed by atoms with E-state index in [0.29, 0.717) is 6.04 Å². The van der Waals surface area contributed by atoms with E-state index in [1.165, 1.54) is 12.8 Å². The van der Waals surface area contributed by atoms with Gasteiger partial charge in [-0.15, -0.1) is 0 Å². The molecule has 0 heterocycles. The highest BCUT2D eigenvalue weighted by Crippen LogP contribution is 2.26. The van der Waals surface area contributed by atoms with Gasteiger partial charge in [0.15, 0.2) is 0 Å². The number of nitriles is 1. The highest BCUT2D eigenvalue weighted by Gasteiger charge is 2.24. The molecule has 1 saturated carbocycles. The molecule has 0 aromatic rings. The van der Waals surface area contributed by atoms with Crippen molar-refractivity contribution >= 4 is 0 Å². The van der Waals surface area contributed by atoms with Crippen LogP contribution in [0, 0.1) is 17.2 Å². The van der Waals surface area contributed by atoms with Crippen molar-refractivity contribution in [3.63, 3.8) is 0 Å². The van der Waals surface area contributed by atoms with E-state index >= 15 is 0 Å². The summed E-state index contributed by atoms with van der Waals surface area (Å²) in [5.41, 5.74) is 0. The van der Waals surface area contributed by atoms with Crippen LogP contribution in [0.4, 0.5) is 0 Å². The summed E-state index contributed by atoms with van der Waals surface area (Å²) in [6.45, 7) is 4.17. The lowest BCUT2D eigenvalue weighted by Gasteiger charge is -2.22. The van der Waals surface area contributed by atoms with E-state index in [9.17, 15) is 0 Å². The first-order chi connectivity index (χ1) is 6.77. The molecule has 14 heavy (non-hydrogen) atoms. The van der Waals surface area contributed by atoms with Crippen molar-refractivity contribution in [2.45, 2.75) is 58.0 Å². The van der Waals surface area contributed by atoms with Gasteiger partial charge in [0.25, 0.3) is 0 Å². The van der Waals surface area contributed by atoms with Gasteiger partial charge >= 0.3 is 0 Å². The molecule has 0 spiro atoms. The summed E-state index contributed by atoms with van der Waals surface area (Å²) in [5.74, 6) is 0.108. The van der Waals surface area contributed by atoms with Gasteiger partial charge in [0.05, 0.1) is 24.1 Å². The van der Waals surface area contributed by atoms with E-state index in [1.54, 1.807) is 0 Å². The van der Waals surface area contributed by atoms with Crippen LogP contribution in [0.15, 0.2) is 10.2 Å². The first-order valence-electron chi connectivity index (χ1n) is 5.57. The van der Waals surface area contributed by atoms with Gasteiger partial charge in [-0.05, 0) is 26.2 Å². The Bertz CT molecular complexity index is 229. The fourth-order valence-corrected chi connectivity index (χ4v) is 1.68. The number of hydrogen-bond donors (Lipinski definition) is 0. The Labute approximate surface area is 86.2 Å². The maximum atomic E-state index is 8.93. The summed E-state index contributed by atoms with van der Waals surface area (Å²) >= 11 is 0. The van der Waals surface area contributed by atoms with E-state index < -0.39 is 0 Å². The fraction of sp³-hybridized carbons (Fsp3) is 0.909. The molecule has 0 N–H and O–H groups in total. The van der Waals surface area contributed by atoms with Crippen molar-refractivity contribution in [3.05, 3.63) is 0 Å². The topological polar surface area (TPSA) is 48.5 Å². The van der Waals surface area contributed by atoms with Crippen LogP contribution in [0.3, 0.4) is 0 Å². The lowest BCUT2D eigenvalue weighted by atomic mass is 9.86. The highest BCUT2D eigenvalue weighted by molar-refractivity contribution is 4.94. The van der Waals surface area contributed by atoms with Gasteiger partial charge in [-0.3, -0.25) is 0 Å². The number of rotatable bonds is 3. The van der Waals surface area contributed by atoms with Crippen LogP contribution in [0.1, 0.15) is 46.0 Å². The third-order valence-corrected chi connectivity index (χ3v) is 2.90. The second-order valence-electron chi connectivity index (χ2n) is 4.08. The Kier molecular flexibility index (Phi) is 4.58. The molecule has 0 amide bonds. The van der Waals surface area contributed by atoms with Gasteiger partial charge < -0.3 is 0 Å². The van der Waals surface area contributed by atoms with Gasteiger partial charge in [-0.25, -0.2) is 0 Å². The Morgan fingerprint density at radius 1 is 1.43 bits per heavy atom. The maximum absolute atomic E-state index is 8.93. The molecule has 0 aromatic carbocycles. The molecule has 3 heteroatoms. The molecular weight excluding hydrogens is 174 g/mol. The first-order valence-corrected chi connectivity index (χ1v) is 5.57. The van der Waals surface area contributed by atoms with Crippen LogP contribution < -0.4 is 0 Å². The third kappa shape index (κ3) is 3.10. The van der Waals surface area contributed by atoms with Crippen molar-refractivity contribution in [3.8, 4) is 6.07 Å². The molecule has 78 valence electrons. The van der Waals surface area contributed by atoms with Gasteiger partial charge in [-0.2, -0.15) is 15.5 Å². The van der Waals surface area contributed by atoms with E-state index in [2.05, 4.69) is 30.1 Å². The summed E-state index contributed by atoms with van der Waals surface area (Å²) < 4.78 is 0. The molecular formula is C11H19N3. The van der Waals surface area contributed by atoms with Crippen LogP contribution >= 0.6 is 0 Å². The minimum absolute atomic E-state index is 0.108. The predicted molar refractivity (Wildman–Crippen MR) is 56.0 cm³/mol. The normalized spacial score (nSPS) is 30.1. The number of azo groups is 1. The zero-order valence-electron chi connectivity index (χ0n) is 9.11. The molecule has 1 aliphatic rings. The second-order valence-corrected chi connectivity index (χ2v) is 4.08. The van der Waals surface area contributed by atoms with Crippen LogP contribution in [0.2, 0.25) is 0 Å². The largest absolute Gasteiger partial charge is 0.198 e.